The molecule has 1 aromatic heterocycles. The fourth-order valence-corrected chi connectivity index (χ4v) is 3.17. The van der Waals surface area contributed by atoms with Crippen LogP contribution in [0.15, 0.2) is 52.9 Å². The fourth-order valence-electron chi connectivity index (χ4n) is 3.17. The van der Waals surface area contributed by atoms with E-state index >= 15 is 0 Å². The Balaban J connectivity index is 1.95. The molecule has 1 N–H and O–H groups in total. The third-order valence-electron chi connectivity index (χ3n) is 4.54. The van der Waals surface area contributed by atoms with Gasteiger partial charge in [-0.15, -0.1) is 0 Å². The van der Waals surface area contributed by atoms with E-state index in [4.69, 9.17) is 4.42 Å². The highest BCUT2D eigenvalue weighted by Gasteiger charge is 2.17. The smallest absolute Gasteiger partial charge is 0.336 e. The summed E-state index contributed by atoms with van der Waals surface area (Å²) >= 11 is 0. The van der Waals surface area contributed by atoms with Crippen LogP contribution in [-0.4, -0.2) is 16.9 Å². The van der Waals surface area contributed by atoms with Gasteiger partial charge in [0.2, 0.25) is 0 Å². The first kappa shape index (κ1) is 17.9. The van der Waals surface area contributed by atoms with E-state index in [1.807, 2.05) is 6.07 Å². The molecule has 0 aliphatic rings. The summed E-state index contributed by atoms with van der Waals surface area (Å²) in [7, 11) is 0. The quantitative estimate of drug-likeness (QED) is 0.402. The van der Waals surface area contributed by atoms with E-state index in [-0.39, 0.29) is 11.3 Å². The molecular weight excluding hydrogens is 328 g/mol. The molecule has 0 radical (unpaired) electrons. The van der Waals surface area contributed by atoms with Crippen molar-refractivity contribution in [3.05, 3.63) is 59.7 Å². The molecule has 4 nitrogen and oxygen atoms in total. The number of aromatic carboxylic acids is 1. The van der Waals surface area contributed by atoms with Gasteiger partial charge < -0.3 is 9.52 Å². The highest BCUT2D eigenvalue weighted by molar-refractivity contribution is 6.08. The summed E-state index contributed by atoms with van der Waals surface area (Å²) in [4.78, 5) is 24.1. The van der Waals surface area contributed by atoms with Crippen molar-refractivity contribution in [1.82, 2.24) is 0 Å². The number of fused-ring (bicyclic) bond motifs is 1. The van der Waals surface area contributed by atoms with E-state index in [2.05, 4.69) is 6.92 Å². The number of furan rings is 1. The molecule has 0 fully saturated rings. The highest BCUT2D eigenvalue weighted by atomic mass is 16.4. The lowest BCUT2D eigenvalue weighted by Crippen LogP contribution is -1.99. The van der Waals surface area contributed by atoms with Crippen LogP contribution in [0.25, 0.3) is 22.3 Å². The van der Waals surface area contributed by atoms with Gasteiger partial charge >= 0.3 is 5.97 Å². The highest BCUT2D eigenvalue weighted by Crippen LogP contribution is 2.32. The van der Waals surface area contributed by atoms with Gasteiger partial charge in [0.15, 0.2) is 5.78 Å². The minimum Gasteiger partial charge on any atom is -0.478 e. The number of carboxylic acid groups (broad SMARTS) is 1. The van der Waals surface area contributed by atoms with Crippen molar-refractivity contribution >= 4 is 22.7 Å². The lowest BCUT2D eigenvalue weighted by atomic mass is 10.00. The van der Waals surface area contributed by atoms with Gasteiger partial charge in [-0.2, -0.15) is 0 Å². The number of carboxylic acids is 1. The number of ketones is 1. The van der Waals surface area contributed by atoms with Gasteiger partial charge in [0.25, 0.3) is 0 Å². The average molecular weight is 350 g/mol. The minimum absolute atomic E-state index is 0.102. The van der Waals surface area contributed by atoms with Gasteiger partial charge in [0.1, 0.15) is 11.3 Å². The molecular formula is C22H22O4. The van der Waals surface area contributed by atoms with Crippen LogP contribution in [0.4, 0.5) is 0 Å². The molecule has 134 valence electrons. The number of unbranched alkanes of at least 4 members (excludes halogenated alkanes) is 3. The molecule has 0 aliphatic carbocycles. The normalized spacial score (nSPS) is 11.0. The first-order valence-corrected chi connectivity index (χ1v) is 9.00. The van der Waals surface area contributed by atoms with E-state index in [9.17, 15) is 14.7 Å². The van der Waals surface area contributed by atoms with Crippen LogP contribution in [0.5, 0.6) is 0 Å². The fraction of sp³-hybridized carbons (Fsp3) is 0.273. The van der Waals surface area contributed by atoms with Crippen LogP contribution in [0.3, 0.4) is 0 Å². The van der Waals surface area contributed by atoms with Crippen LogP contribution in [0.1, 0.15) is 59.7 Å². The van der Waals surface area contributed by atoms with Gasteiger partial charge in [-0.25, -0.2) is 4.79 Å². The van der Waals surface area contributed by atoms with E-state index in [0.29, 0.717) is 28.9 Å². The number of hydrogen-bond donors (Lipinski definition) is 1. The second-order valence-corrected chi connectivity index (χ2v) is 6.41. The number of benzene rings is 2. The monoisotopic (exact) mass is 350 g/mol. The zero-order valence-corrected chi connectivity index (χ0v) is 14.8. The summed E-state index contributed by atoms with van der Waals surface area (Å²) in [5.41, 5.74) is 1.93. The Hall–Kier alpha value is -2.88. The third kappa shape index (κ3) is 3.69. The molecule has 0 amide bonds. The van der Waals surface area contributed by atoms with Crippen molar-refractivity contribution in [3.8, 4) is 11.3 Å². The zero-order chi connectivity index (χ0) is 18.5. The van der Waals surface area contributed by atoms with Crippen LogP contribution in [0, 0.1) is 0 Å². The Bertz CT molecular complexity index is 936. The molecule has 3 rings (SSSR count). The van der Waals surface area contributed by atoms with Gasteiger partial charge in [0, 0.05) is 22.9 Å². The van der Waals surface area contributed by atoms with E-state index < -0.39 is 5.97 Å². The van der Waals surface area contributed by atoms with Crippen molar-refractivity contribution in [3.63, 3.8) is 0 Å². The second kappa shape index (κ2) is 8.00. The molecule has 0 spiro atoms. The van der Waals surface area contributed by atoms with Crippen molar-refractivity contribution < 1.29 is 19.1 Å². The van der Waals surface area contributed by atoms with Gasteiger partial charge in [-0.1, -0.05) is 56.5 Å². The van der Waals surface area contributed by atoms with E-state index in [1.165, 1.54) is 0 Å². The lowest BCUT2D eigenvalue weighted by molar-refractivity contribution is 0.0697. The van der Waals surface area contributed by atoms with Gasteiger partial charge in [-0.05, 0) is 24.6 Å². The Morgan fingerprint density at radius 1 is 0.962 bits per heavy atom. The zero-order valence-electron chi connectivity index (χ0n) is 14.8. The largest absolute Gasteiger partial charge is 0.478 e. The van der Waals surface area contributed by atoms with Crippen LogP contribution < -0.4 is 0 Å². The van der Waals surface area contributed by atoms with E-state index in [0.717, 1.165) is 31.1 Å². The van der Waals surface area contributed by atoms with Crippen LogP contribution in [-0.2, 0) is 0 Å². The summed E-state index contributed by atoms with van der Waals surface area (Å²) in [6.07, 6.45) is 4.74. The molecule has 2 aromatic carbocycles. The van der Waals surface area contributed by atoms with Crippen LogP contribution in [0.2, 0.25) is 0 Å². The Morgan fingerprint density at radius 2 is 1.73 bits per heavy atom. The molecule has 0 aliphatic heterocycles. The van der Waals surface area contributed by atoms with E-state index in [1.54, 1.807) is 42.5 Å². The Kier molecular flexibility index (Phi) is 5.52. The molecule has 26 heavy (non-hydrogen) atoms. The molecule has 1 heterocycles. The topological polar surface area (TPSA) is 67.5 Å². The molecule has 3 aromatic rings. The van der Waals surface area contributed by atoms with Crippen molar-refractivity contribution in [1.29, 1.82) is 0 Å². The lowest BCUT2D eigenvalue weighted by Gasteiger charge is -2.02. The molecule has 0 unspecified atom stereocenters. The minimum atomic E-state index is -1.01. The van der Waals surface area contributed by atoms with Gasteiger partial charge in [-0.3, -0.25) is 4.79 Å². The SMILES string of the molecule is CCCCCCC(=O)c1cccc2oc(-c3ccccc3C(=O)O)cc12. The number of hydrogen-bond acceptors (Lipinski definition) is 3. The number of carbonyl (C=O) groups excluding carboxylic acids is 1. The molecule has 0 atom stereocenters. The maximum atomic E-state index is 12.6. The molecule has 0 saturated heterocycles. The van der Waals surface area contributed by atoms with Crippen LogP contribution >= 0.6 is 0 Å². The number of carbonyl (C=O) groups is 2. The van der Waals surface area contributed by atoms with Crippen molar-refractivity contribution in [2.45, 2.75) is 39.0 Å². The Morgan fingerprint density at radius 3 is 2.50 bits per heavy atom. The maximum absolute atomic E-state index is 12.6. The maximum Gasteiger partial charge on any atom is 0.336 e. The predicted octanol–water partition coefficient (Wildman–Crippen LogP) is 5.95. The van der Waals surface area contributed by atoms with Crippen molar-refractivity contribution in [2.75, 3.05) is 0 Å². The first-order chi connectivity index (χ1) is 12.6. The Labute approximate surface area is 152 Å². The van der Waals surface area contributed by atoms with Gasteiger partial charge in [0.05, 0.1) is 5.56 Å². The standard InChI is InChI=1S/C22H22O4/c1-2-3-4-5-12-19(23)15-11-8-13-20-18(15)14-21(26-20)16-9-6-7-10-17(16)22(24)25/h6-11,13-14H,2-5,12H2,1H3,(H,24,25). The van der Waals surface area contributed by atoms with Crippen molar-refractivity contribution in [2.24, 2.45) is 0 Å². The summed E-state index contributed by atoms with van der Waals surface area (Å²) in [6, 6.07) is 13.9. The molecule has 0 bridgehead atoms. The predicted molar refractivity (Wildman–Crippen MR) is 102 cm³/mol. The summed E-state index contributed by atoms with van der Waals surface area (Å²) in [6.45, 7) is 2.14. The summed E-state index contributed by atoms with van der Waals surface area (Å²) in [5, 5.41) is 10.1. The number of rotatable bonds is 8. The second-order valence-electron chi connectivity index (χ2n) is 6.41. The molecule has 0 saturated carbocycles. The third-order valence-corrected chi connectivity index (χ3v) is 4.54. The summed E-state index contributed by atoms with van der Waals surface area (Å²) < 4.78 is 5.86. The first-order valence-electron chi connectivity index (χ1n) is 9.00. The average Bonchev–Trinajstić information content (AvgIpc) is 3.09. The summed E-state index contributed by atoms with van der Waals surface area (Å²) in [5.74, 6) is -0.442. The number of Topliss-reactive ketones (excluding diaryl/α,β-unsaturated/α-hetero) is 1. The molecule has 4 heteroatoms.